The summed E-state index contributed by atoms with van der Waals surface area (Å²) in [6.45, 7) is 0. The fraction of sp³-hybridized carbons (Fsp3) is 0.0455. The summed E-state index contributed by atoms with van der Waals surface area (Å²) in [5.74, 6) is 0.595. The van der Waals surface area contributed by atoms with E-state index in [0.717, 1.165) is 22.5 Å². The van der Waals surface area contributed by atoms with Crippen LogP contribution < -0.4 is 15.8 Å². The molecular weight excluding hydrogens is 322 g/mol. The normalized spacial score (nSPS) is 15.6. The van der Waals surface area contributed by atoms with Gasteiger partial charge in [0.15, 0.2) is 0 Å². The third kappa shape index (κ3) is 2.87. The maximum atomic E-state index is 9.59. The Morgan fingerprint density at radius 1 is 0.885 bits per heavy atom. The molecule has 0 radical (unpaired) electrons. The Labute approximate surface area is 152 Å². The summed E-state index contributed by atoms with van der Waals surface area (Å²) in [7, 11) is 0. The SMILES string of the molecule is N#CC1=C(N)Oc2cc(Nc3ccccc3)ccc2C1c1ccccc1. The quantitative estimate of drug-likeness (QED) is 0.729. The first-order chi connectivity index (χ1) is 12.8. The summed E-state index contributed by atoms with van der Waals surface area (Å²) in [6, 6.07) is 27.9. The van der Waals surface area contributed by atoms with Gasteiger partial charge in [-0.15, -0.1) is 0 Å². The van der Waals surface area contributed by atoms with E-state index in [9.17, 15) is 5.26 Å². The van der Waals surface area contributed by atoms with Crippen molar-refractivity contribution in [2.24, 2.45) is 5.73 Å². The Morgan fingerprint density at radius 3 is 2.27 bits per heavy atom. The average Bonchev–Trinajstić information content (AvgIpc) is 2.68. The van der Waals surface area contributed by atoms with Crippen LogP contribution in [0.25, 0.3) is 0 Å². The molecule has 0 aromatic heterocycles. The summed E-state index contributed by atoms with van der Waals surface area (Å²) in [4.78, 5) is 0. The lowest BCUT2D eigenvalue weighted by molar-refractivity contribution is 0.394. The van der Waals surface area contributed by atoms with Gasteiger partial charge in [0, 0.05) is 23.0 Å². The Morgan fingerprint density at radius 2 is 1.58 bits per heavy atom. The molecule has 3 aromatic rings. The van der Waals surface area contributed by atoms with Crippen molar-refractivity contribution >= 4 is 11.4 Å². The zero-order chi connectivity index (χ0) is 17.9. The number of hydrogen-bond acceptors (Lipinski definition) is 4. The predicted molar refractivity (Wildman–Crippen MR) is 102 cm³/mol. The molecule has 4 heteroatoms. The van der Waals surface area contributed by atoms with Gasteiger partial charge in [0.1, 0.15) is 17.4 Å². The van der Waals surface area contributed by atoms with Crippen LogP contribution in [0.15, 0.2) is 90.3 Å². The monoisotopic (exact) mass is 339 g/mol. The van der Waals surface area contributed by atoms with Gasteiger partial charge in [0.25, 0.3) is 0 Å². The second-order valence-corrected chi connectivity index (χ2v) is 6.08. The molecule has 0 saturated heterocycles. The van der Waals surface area contributed by atoms with Gasteiger partial charge in [0.2, 0.25) is 5.88 Å². The fourth-order valence-electron chi connectivity index (χ4n) is 3.21. The molecule has 1 unspecified atom stereocenters. The number of nitrogens with two attached hydrogens (primary N) is 1. The third-order valence-electron chi connectivity index (χ3n) is 4.41. The Balaban J connectivity index is 1.76. The zero-order valence-electron chi connectivity index (χ0n) is 14.0. The number of fused-ring (bicyclic) bond motifs is 1. The second-order valence-electron chi connectivity index (χ2n) is 6.08. The maximum absolute atomic E-state index is 9.59. The molecular formula is C22H17N3O. The smallest absolute Gasteiger partial charge is 0.205 e. The van der Waals surface area contributed by atoms with E-state index in [0.29, 0.717) is 11.3 Å². The van der Waals surface area contributed by atoms with E-state index in [4.69, 9.17) is 10.5 Å². The highest BCUT2D eigenvalue weighted by atomic mass is 16.5. The number of nitriles is 1. The number of anilines is 2. The highest BCUT2D eigenvalue weighted by molar-refractivity contribution is 5.65. The molecule has 126 valence electrons. The van der Waals surface area contributed by atoms with E-state index in [2.05, 4.69) is 11.4 Å². The van der Waals surface area contributed by atoms with E-state index < -0.39 is 0 Å². The Kier molecular flexibility index (Phi) is 4.04. The van der Waals surface area contributed by atoms with Gasteiger partial charge in [0.05, 0.1) is 5.92 Å². The van der Waals surface area contributed by atoms with Crippen molar-refractivity contribution in [1.29, 1.82) is 5.26 Å². The molecule has 0 bridgehead atoms. The summed E-state index contributed by atoms with van der Waals surface area (Å²) < 4.78 is 5.76. The Hall–Kier alpha value is -3.71. The summed E-state index contributed by atoms with van der Waals surface area (Å²) in [5, 5.41) is 12.9. The zero-order valence-corrected chi connectivity index (χ0v) is 14.0. The molecule has 0 saturated carbocycles. The molecule has 0 aliphatic carbocycles. The average molecular weight is 339 g/mol. The highest BCUT2D eigenvalue weighted by Crippen LogP contribution is 2.43. The van der Waals surface area contributed by atoms with Gasteiger partial charge in [-0.1, -0.05) is 54.6 Å². The van der Waals surface area contributed by atoms with Crippen LogP contribution in [0.3, 0.4) is 0 Å². The molecule has 0 spiro atoms. The van der Waals surface area contributed by atoms with E-state index in [1.807, 2.05) is 78.9 Å². The van der Waals surface area contributed by atoms with Crippen molar-refractivity contribution < 1.29 is 4.74 Å². The lowest BCUT2D eigenvalue weighted by atomic mass is 9.83. The number of nitrogens with zero attached hydrogens (tertiary/aromatic N) is 1. The van der Waals surface area contributed by atoms with Crippen LogP contribution in [0.1, 0.15) is 17.0 Å². The van der Waals surface area contributed by atoms with Crippen molar-refractivity contribution in [2.75, 3.05) is 5.32 Å². The molecule has 1 aliphatic rings. The number of nitrogens with one attached hydrogen (secondary N) is 1. The van der Waals surface area contributed by atoms with Crippen LogP contribution in [0.2, 0.25) is 0 Å². The first-order valence-electron chi connectivity index (χ1n) is 8.35. The van der Waals surface area contributed by atoms with Crippen molar-refractivity contribution in [2.45, 2.75) is 5.92 Å². The van der Waals surface area contributed by atoms with E-state index in [1.165, 1.54) is 0 Å². The van der Waals surface area contributed by atoms with Crippen LogP contribution in [-0.2, 0) is 0 Å². The lowest BCUT2D eigenvalue weighted by Crippen LogP contribution is -2.21. The summed E-state index contributed by atoms with van der Waals surface area (Å²) in [5.41, 5.74) is 10.3. The number of rotatable bonds is 3. The van der Waals surface area contributed by atoms with Gasteiger partial charge in [-0.25, -0.2) is 0 Å². The van der Waals surface area contributed by atoms with Crippen LogP contribution >= 0.6 is 0 Å². The first-order valence-corrected chi connectivity index (χ1v) is 8.35. The van der Waals surface area contributed by atoms with Gasteiger partial charge in [-0.2, -0.15) is 5.26 Å². The molecule has 3 aromatic carbocycles. The highest BCUT2D eigenvalue weighted by Gasteiger charge is 2.30. The fourth-order valence-corrected chi connectivity index (χ4v) is 3.21. The number of para-hydroxylation sites is 1. The summed E-state index contributed by atoms with van der Waals surface area (Å²) in [6.07, 6.45) is 0. The van der Waals surface area contributed by atoms with Crippen LogP contribution in [0.4, 0.5) is 11.4 Å². The maximum Gasteiger partial charge on any atom is 0.205 e. The van der Waals surface area contributed by atoms with Crippen LogP contribution in [-0.4, -0.2) is 0 Å². The van der Waals surface area contributed by atoms with Gasteiger partial charge >= 0.3 is 0 Å². The standard InChI is InChI=1S/C22H17N3O/c23-14-19-21(15-7-3-1-4-8-15)18-12-11-17(13-20(18)26-22(19)24)25-16-9-5-2-6-10-16/h1-13,21,25H,24H2. The molecule has 3 N–H and O–H groups in total. The van der Waals surface area contributed by atoms with E-state index in [-0.39, 0.29) is 11.8 Å². The van der Waals surface area contributed by atoms with Crippen molar-refractivity contribution in [3.05, 3.63) is 101 Å². The first kappa shape index (κ1) is 15.8. The minimum absolute atomic E-state index is 0.158. The van der Waals surface area contributed by atoms with Crippen LogP contribution in [0, 0.1) is 11.3 Å². The van der Waals surface area contributed by atoms with E-state index >= 15 is 0 Å². The predicted octanol–water partition coefficient (Wildman–Crippen LogP) is 4.65. The van der Waals surface area contributed by atoms with Gasteiger partial charge in [-0.3, -0.25) is 0 Å². The second kappa shape index (κ2) is 6.66. The van der Waals surface area contributed by atoms with E-state index in [1.54, 1.807) is 0 Å². The molecule has 1 heterocycles. The topological polar surface area (TPSA) is 71.1 Å². The molecule has 0 amide bonds. The Bertz CT molecular complexity index is 1000. The van der Waals surface area contributed by atoms with Crippen LogP contribution in [0.5, 0.6) is 5.75 Å². The molecule has 4 rings (SSSR count). The number of ether oxygens (including phenoxy) is 1. The van der Waals surface area contributed by atoms with Crippen molar-refractivity contribution in [3.8, 4) is 11.8 Å². The van der Waals surface area contributed by atoms with Gasteiger partial charge < -0.3 is 15.8 Å². The molecule has 1 aliphatic heterocycles. The minimum Gasteiger partial charge on any atom is -0.440 e. The largest absolute Gasteiger partial charge is 0.440 e. The number of benzene rings is 3. The van der Waals surface area contributed by atoms with Crippen molar-refractivity contribution in [1.82, 2.24) is 0 Å². The molecule has 4 nitrogen and oxygen atoms in total. The minimum atomic E-state index is -0.226. The van der Waals surface area contributed by atoms with Crippen molar-refractivity contribution in [3.63, 3.8) is 0 Å². The lowest BCUT2D eigenvalue weighted by Gasteiger charge is -2.27. The number of hydrogen-bond donors (Lipinski definition) is 2. The molecule has 0 fully saturated rings. The number of allylic oxidation sites excluding steroid dienone is 1. The molecule has 26 heavy (non-hydrogen) atoms. The summed E-state index contributed by atoms with van der Waals surface area (Å²) >= 11 is 0. The van der Waals surface area contributed by atoms with Gasteiger partial charge in [-0.05, 0) is 23.8 Å². The molecule has 1 atom stereocenters. The third-order valence-corrected chi connectivity index (χ3v) is 4.41.